The Morgan fingerprint density at radius 2 is 1.14 bits per heavy atom. The molecule has 0 aliphatic carbocycles. The van der Waals surface area contributed by atoms with E-state index in [9.17, 15) is 9.59 Å². The van der Waals surface area contributed by atoms with Crippen LogP contribution in [-0.4, -0.2) is 16.4 Å². The second kappa shape index (κ2) is 9.68. The molecular formula is C39H26N2O2. The van der Waals surface area contributed by atoms with Crippen LogP contribution in [0.5, 0.6) is 0 Å². The summed E-state index contributed by atoms with van der Waals surface area (Å²) < 4.78 is 2.12. The second-order valence-electron chi connectivity index (χ2n) is 11.0. The molecule has 1 aromatic heterocycles. The van der Waals surface area contributed by atoms with E-state index < -0.39 is 0 Å². The highest BCUT2D eigenvalue weighted by molar-refractivity contribution is 6.35. The van der Waals surface area contributed by atoms with Crippen LogP contribution in [0.1, 0.15) is 26.3 Å². The van der Waals surface area contributed by atoms with Gasteiger partial charge in [0.25, 0.3) is 11.8 Å². The Hall–Kier alpha value is -5.74. The number of fused-ring (bicyclic) bond motifs is 4. The molecule has 0 bridgehead atoms. The van der Waals surface area contributed by atoms with Crippen molar-refractivity contribution >= 4 is 39.3 Å². The zero-order chi connectivity index (χ0) is 29.1. The average Bonchev–Trinajstić information content (AvgIpc) is 3.52. The molecule has 0 atom stereocenters. The molecule has 204 valence electrons. The summed E-state index contributed by atoms with van der Waals surface area (Å²) in [6, 6.07) is 46.4. The lowest BCUT2D eigenvalue weighted by molar-refractivity contribution is 0.0926. The molecule has 8 rings (SSSR count). The Labute approximate surface area is 249 Å². The minimum atomic E-state index is -0.314. The van der Waals surface area contributed by atoms with Crippen LogP contribution >= 0.6 is 0 Å². The van der Waals surface area contributed by atoms with Crippen molar-refractivity contribution in [2.45, 2.75) is 6.92 Å². The standard InChI is InChI=1S/C39H26N2O2/c1-25-9-7-12-28(23-25)29-19-22-35-33(24-29)31-13-5-6-15-34(31)41(35)36-16-8-14-32-37(36)39(43)40(38(32)42)30-20-17-27(18-21-30)26-10-3-2-4-11-26/h2-24H,1H3. The number of hydrogen-bond acceptors (Lipinski definition) is 2. The first-order valence-electron chi connectivity index (χ1n) is 14.4. The van der Waals surface area contributed by atoms with Crippen LogP contribution in [0, 0.1) is 6.92 Å². The quantitative estimate of drug-likeness (QED) is 0.204. The van der Waals surface area contributed by atoms with Crippen molar-refractivity contribution in [1.82, 2.24) is 4.57 Å². The summed E-state index contributed by atoms with van der Waals surface area (Å²) in [5, 5.41) is 2.19. The molecular weight excluding hydrogens is 528 g/mol. The fourth-order valence-electron chi connectivity index (χ4n) is 6.36. The van der Waals surface area contributed by atoms with Gasteiger partial charge < -0.3 is 4.57 Å². The van der Waals surface area contributed by atoms with E-state index in [0.717, 1.165) is 44.1 Å². The summed E-state index contributed by atoms with van der Waals surface area (Å²) in [5.74, 6) is -0.623. The first-order valence-corrected chi connectivity index (χ1v) is 14.4. The largest absolute Gasteiger partial charge is 0.308 e. The van der Waals surface area contributed by atoms with E-state index in [4.69, 9.17) is 0 Å². The minimum Gasteiger partial charge on any atom is -0.308 e. The first kappa shape index (κ1) is 25.0. The maximum Gasteiger partial charge on any atom is 0.268 e. The third-order valence-corrected chi connectivity index (χ3v) is 8.39. The Kier molecular flexibility index (Phi) is 5.63. The lowest BCUT2D eigenvalue weighted by atomic mass is 10.0. The molecule has 0 saturated heterocycles. The Morgan fingerprint density at radius 3 is 1.95 bits per heavy atom. The van der Waals surface area contributed by atoms with E-state index in [1.54, 1.807) is 6.07 Å². The number of para-hydroxylation sites is 1. The van der Waals surface area contributed by atoms with Gasteiger partial charge in [-0.3, -0.25) is 9.59 Å². The van der Waals surface area contributed by atoms with Gasteiger partial charge in [0.05, 0.1) is 33.5 Å². The molecule has 4 nitrogen and oxygen atoms in total. The molecule has 2 amide bonds. The minimum absolute atomic E-state index is 0.309. The van der Waals surface area contributed by atoms with E-state index in [2.05, 4.69) is 66.1 Å². The Balaban J connectivity index is 1.27. The second-order valence-corrected chi connectivity index (χ2v) is 11.0. The van der Waals surface area contributed by atoms with E-state index >= 15 is 0 Å². The predicted octanol–water partition coefficient (Wildman–Crippen LogP) is 9.23. The lowest BCUT2D eigenvalue weighted by Gasteiger charge is -2.15. The Bertz CT molecular complexity index is 2230. The summed E-state index contributed by atoms with van der Waals surface area (Å²) in [4.78, 5) is 29.1. The topological polar surface area (TPSA) is 42.3 Å². The fraction of sp³-hybridized carbons (Fsp3) is 0.0256. The van der Waals surface area contributed by atoms with Crippen molar-refractivity contribution in [3.05, 3.63) is 156 Å². The van der Waals surface area contributed by atoms with Crippen molar-refractivity contribution < 1.29 is 9.59 Å². The summed E-state index contributed by atoms with van der Waals surface area (Å²) in [6.45, 7) is 2.10. The van der Waals surface area contributed by atoms with Crippen molar-refractivity contribution in [2.75, 3.05) is 4.90 Å². The number of rotatable bonds is 4. The van der Waals surface area contributed by atoms with Crippen LogP contribution in [0.25, 0.3) is 49.7 Å². The molecule has 1 aliphatic heterocycles. The molecule has 43 heavy (non-hydrogen) atoms. The number of carbonyl (C=O) groups is 2. The molecule has 2 heterocycles. The van der Waals surface area contributed by atoms with Crippen LogP contribution in [0.2, 0.25) is 0 Å². The highest BCUT2D eigenvalue weighted by Crippen LogP contribution is 2.39. The number of anilines is 1. The number of carbonyl (C=O) groups excluding carboxylic acids is 2. The van der Waals surface area contributed by atoms with Gasteiger partial charge in [0, 0.05) is 10.8 Å². The van der Waals surface area contributed by atoms with Gasteiger partial charge in [-0.15, -0.1) is 0 Å². The number of aryl methyl sites for hydroxylation is 1. The smallest absolute Gasteiger partial charge is 0.268 e. The lowest BCUT2D eigenvalue weighted by Crippen LogP contribution is -2.29. The van der Waals surface area contributed by atoms with Crippen LogP contribution in [-0.2, 0) is 0 Å². The van der Waals surface area contributed by atoms with Gasteiger partial charge >= 0.3 is 0 Å². The number of hydrogen-bond donors (Lipinski definition) is 0. The number of nitrogens with zero attached hydrogens (tertiary/aromatic N) is 2. The number of aromatic nitrogens is 1. The summed E-state index contributed by atoms with van der Waals surface area (Å²) in [6.07, 6.45) is 0. The van der Waals surface area contributed by atoms with Crippen molar-refractivity contribution in [2.24, 2.45) is 0 Å². The third kappa shape index (κ3) is 3.92. The third-order valence-electron chi connectivity index (χ3n) is 8.39. The van der Waals surface area contributed by atoms with Gasteiger partial charge in [-0.1, -0.05) is 103 Å². The van der Waals surface area contributed by atoms with Crippen molar-refractivity contribution in [3.63, 3.8) is 0 Å². The first-order chi connectivity index (χ1) is 21.1. The highest BCUT2D eigenvalue weighted by Gasteiger charge is 2.39. The predicted molar refractivity (Wildman–Crippen MR) is 174 cm³/mol. The van der Waals surface area contributed by atoms with E-state index in [0.29, 0.717) is 22.5 Å². The van der Waals surface area contributed by atoms with Gasteiger partial charge in [0.15, 0.2) is 0 Å². The van der Waals surface area contributed by atoms with Crippen LogP contribution in [0.15, 0.2) is 140 Å². The van der Waals surface area contributed by atoms with Gasteiger partial charge in [-0.2, -0.15) is 0 Å². The van der Waals surface area contributed by atoms with E-state index in [1.807, 2.05) is 78.9 Å². The highest BCUT2D eigenvalue weighted by atomic mass is 16.2. The fourth-order valence-corrected chi connectivity index (χ4v) is 6.36. The van der Waals surface area contributed by atoms with Crippen molar-refractivity contribution in [1.29, 1.82) is 0 Å². The molecule has 0 spiro atoms. The summed E-state index contributed by atoms with van der Waals surface area (Å²) in [5.41, 5.74) is 9.67. The van der Waals surface area contributed by atoms with E-state index in [1.165, 1.54) is 10.5 Å². The molecule has 0 radical (unpaired) electrons. The van der Waals surface area contributed by atoms with Gasteiger partial charge in [0.2, 0.25) is 0 Å². The molecule has 4 heteroatoms. The van der Waals surface area contributed by atoms with Gasteiger partial charge in [-0.05, 0) is 71.6 Å². The zero-order valence-electron chi connectivity index (χ0n) is 23.5. The summed E-state index contributed by atoms with van der Waals surface area (Å²) in [7, 11) is 0. The average molecular weight is 555 g/mol. The molecule has 1 aliphatic rings. The molecule has 6 aromatic carbocycles. The molecule has 0 saturated carbocycles. The number of amides is 2. The SMILES string of the molecule is Cc1cccc(-c2ccc3c(c2)c2ccccc2n3-c2cccc3c2C(=O)N(c2ccc(-c4ccccc4)cc2)C3=O)c1. The molecule has 0 N–H and O–H groups in total. The molecule has 0 unspecified atom stereocenters. The van der Waals surface area contributed by atoms with Gasteiger partial charge in [0.1, 0.15) is 0 Å². The maximum atomic E-state index is 14.1. The summed E-state index contributed by atoms with van der Waals surface area (Å²) >= 11 is 0. The molecule has 0 fully saturated rings. The number of benzene rings is 6. The van der Waals surface area contributed by atoms with Crippen molar-refractivity contribution in [3.8, 4) is 27.9 Å². The normalized spacial score (nSPS) is 12.8. The van der Waals surface area contributed by atoms with Crippen LogP contribution in [0.4, 0.5) is 5.69 Å². The van der Waals surface area contributed by atoms with Crippen LogP contribution in [0.3, 0.4) is 0 Å². The molecule has 7 aromatic rings. The Morgan fingerprint density at radius 1 is 0.488 bits per heavy atom. The monoisotopic (exact) mass is 554 g/mol. The number of imide groups is 1. The zero-order valence-corrected chi connectivity index (χ0v) is 23.5. The van der Waals surface area contributed by atoms with Gasteiger partial charge in [-0.25, -0.2) is 4.90 Å². The van der Waals surface area contributed by atoms with Crippen LogP contribution < -0.4 is 4.90 Å². The maximum absolute atomic E-state index is 14.1. The van der Waals surface area contributed by atoms with E-state index in [-0.39, 0.29) is 11.8 Å².